The smallest absolute Gasteiger partial charge is 0.207 e. The molecule has 0 aliphatic carbocycles. The Morgan fingerprint density at radius 1 is 0.914 bits per heavy atom. The van der Waals surface area contributed by atoms with Crippen molar-refractivity contribution in [2.24, 2.45) is 0 Å². The number of nitrogens with zero attached hydrogens (tertiary/aromatic N) is 1. The Hall–Kier alpha value is -4.30. The van der Waals surface area contributed by atoms with Crippen LogP contribution in [0.2, 0.25) is 0 Å². The fraction of sp³-hybridized carbons (Fsp3) is 0.0741. The van der Waals surface area contributed by atoms with Crippen molar-refractivity contribution in [2.45, 2.75) is 22.5 Å². The second kappa shape index (κ2) is 9.52. The number of carbonyl (C=O) groups is 1. The monoisotopic (exact) mass is 484 g/mol. The molecule has 0 fully saturated rings. The van der Waals surface area contributed by atoms with Gasteiger partial charge in [0.15, 0.2) is 0 Å². The average Bonchev–Trinajstić information content (AvgIpc) is 3.39. The molecular formula is C27H24N4O3S. The lowest BCUT2D eigenvalue weighted by Crippen LogP contribution is -2.40. The third-order valence-corrected chi connectivity index (χ3v) is 7.67. The molecule has 0 bridgehead atoms. The highest BCUT2D eigenvalue weighted by Gasteiger charge is 2.29. The number of rotatable bonds is 8. The average molecular weight is 485 g/mol. The van der Waals surface area contributed by atoms with Gasteiger partial charge in [0.25, 0.3) is 0 Å². The SMILES string of the molecule is O=CNCc1cccc(C2=CC=C(Nc3ccc(S(=O)(=O)c4ccccc4)cc3)C3NC=CN23)c1. The van der Waals surface area contributed by atoms with Gasteiger partial charge in [-0.05, 0) is 65.7 Å². The molecule has 1 unspecified atom stereocenters. The minimum atomic E-state index is -3.56. The highest BCUT2D eigenvalue weighted by atomic mass is 32.2. The molecule has 35 heavy (non-hydrogen) atoms. The van der Waals surface area contributed by atoms with Gasteiger partial charge in [-0.25, -0.2) is 8.42 Å². The standard InChI is InChI=1S/C27H24N4O3S/c32-19-28-18-20-5-4-6-21(17-20)26-14-13-25(27-29-15-16-31(26)27)30-22-9-11-24(12-10-22)35(33,34)23-7-2-1-3-8-23/h1-17,19,27,29-30H,18H2,(H,28,32). The number of sulfone groups is 1. The normalized spacial score (nSPS) is 16.6. The van der Waals surface area contributed by atoms with Crippen LogP contribution in [0.1, 0.15) is 11.1 Å². The first kappa shape index (κ1) is 22.5. The highest BCUT2D eigenvalue weighted by Crippen LogP contribution is 2.32. The first-order valence-electron chi connectivity index (χ1n) is 11.1. The lowest BCUT2D eigenvalue weighted by molar-refractivity contribution is -0.109. The highest BCUT2D eigenvalue weighted by molar-refractivity contribution is 7.91. The second-order valence-corrected chi connectivity index (χ2v) is 10.1. The predicted octanol–water partition coefficient (Wildman–Crippen LogP) is 3.82. The van der Waals surface area contributed by atoms with Crippen LogP contribution in [-0.2, 0) is 21.2 Å². The van der Waals surface area contributed by atoms with Gasteiger partial charge < -0.3 is 20.9 Å². The molecule has 8 heteroatoms. The van der Waals surface area contributed by atoms with Crippen molar-refractivity contribution >= 4 is 27.6 Å². The number of hydrogen-bond donors (Lipinski definition) is 3. The van der Waals surface area contributed by atoms with Gasteiger partial charge in [-0.2, -0.15) is 0 Å². The van der Waals surface area contributed by atoms with Crippen LogP contribution in [0.4, 0.5) is 5.69 Å². The Morgan fingerprint density at radius 2 is 1.69 bits per heavy atom. The van der Waals surface area contributed by atoms with Crippen LogP contribution in [0.5, 0.6) is 0 Å². The summed E-state index contributed by atoms with van der Waals surface area (Å²) in [6.07, 6.45) is 8.50. The molecule has 1 atom stereocenters. The van der Waals surface area contributed by atoms with Crippen molar-refractivity contribution in [1.29, 1.82) is 0 Å². The van der Waals surface area contributed by atoms with E-state index in [1.165, 1.54) is 0 Å². The molecule has 3 aromatic rings. The van der Waals surface area contributed by atoms with Crippen LogP contribution >= 0.6 is 0 Å². The third-order valence-electron chi connectivity index (χ3n) is 5.88. The quantitative estimate of drug-likeness (QED) is 0.421. The van der Waals surface area contributed by atoms with E-state index in [1.807, 2.05) is 42.8 Å². The van der Waals surface area contributed by atoms with E-state index in [0.717, 1.165) is 28.2 Å². The lowest BCUT2D eigenvalue weighted by Gasteiger charge is -2.33. The van der Waals surface area contributed by atoms with Crippen molar-refractivity contribution in [2.75, 3.05) is 5.32 Å². The molecule has 2 heterocycles. The van der Waals surface area contributed by atoms with Crippen molar-refractivity contribution in [3.63, 3.8) is 0 Å². The molecule has 0 saturated heterocycles. The zero-order valence-corrected chi connectivity index (χ0v) is 19.6. The number of anilines is 1. The van der Waals surface area contributed by atoms with E-state index in [1.54, 1.807) is 54.6 Å². The molecular weight excluding hydrogens is 460 g/mol. The van der Waals surface area contributed by atoms with Crippen molar-refractivity contribution in [3.8, 4) is 0 Å². The van der Waals surface area contributed by atoms with Gasteiger partial charge in [-0.15, -0.1) is 0 Å². The zero-order valence-electron chi connectivity index (χ0n) is 18.8. The molecule has 0 spiro atoms. The predicted molar refractivity (Wildman–Crippen MR) is 135 cm³/mol. The maximum absolute atomic E-state index is 12.9. The summed E-state index contributed by atoms with van der Waals surface area (Å²) < 4.78 is 25.7. The molecule has 1 amide bonds. The number of benzene rings is 3. The molecule has 0 saturated carbocycles. The van der Waals surface area contributed by atoms with Crippen LogP contribution in [0.25, 0.3) is 5.70 Å². The lowest BCUT2D eigenvalue weighted by atomic mass is 10.0. The van der Waals surface area contributed by atoms with Gasteiger partial charge in [-0.3, -0.25) is 4.79 Å². The van der Waals surface area contributed by atoms with E-state index < -0.39 is 9.84 Å². The van der Waals surface area contributed by atoms with Crippen LogP contribution in [0, 0.1) is 0 Å². The number of fused-ring (bicyclic) bond motifs is 1. The molecule has 5 rings (SSSR count). The Labute approximate surface area is 204 Å². The molecule has 0 aromatic heterocycles. The summed E-state index contributed by atoms with van der Waals surface area (Å²) >= 11 is 0. The molecule has 0 radical (unpaired) electrons. The van der Waals surface area contributed by atoms with Gasteiger partial charge >= 0.3 is 0 Å². The topological polar surface area (TPSA) is 90.5 Å². The fourth-order valence-electron chi connectivity index (χ4n) is 4.16. The maximum Gasteiger partial charge on any atom is 0.207 e. The van der Waals surface area contributed by atoms with Gasteiger partial charge in [0.2, 0.25) is 16.2 Å². The molecule has 3 aromatic carbocycles. The Kier molecular flexibility index (Phi) is 6.12. The molecule has 176 valence electrons. The summed E-state index contributed by atoms with van der Waals surface area (Å²) in [6.45, 7) is 0.473. The zero-order chi connectivity index (χ0) is 24.3. The molecule has 2 aliphatic rings. The van der Waals surface area contributed by atoms with E-state index in [9.17, 15) is 13.2 Å². The summed E-state index contributed by atoms with van der Waals surface area (Å²) in [5.41, 5.74) is 4.80. The van der Waals surface area contributed by atoms with Crippen molar-refractivity contribution in [3.05, 3.63) is 120 Å². The Balaban J connectivity index is 1.37. The van der Waals surface area contributed by atoms with Gasteiger partial charge in [0.05, 0.1) is 21.2 Å². The largest absolute Gasteiger partial charge is 0.365 e. The van der Waals surface area contributed by atoms with Gasteiger partial charge in [-0.1, -0.05) is 36.4 Å². The first-order chi connectivity index (χ1) is 17.1. The summed E-state index contributed by atoms with van der Waals surface area (Å²) in [4.78, 5) is 13.3. The summed E-state index contributed by atoms with van der Waals surface area (Å²) in [7, 11) is -3.56. The number of allylic oxidation sites excluding steroid dienone is 2. The summed E-state index contributed by atoms with van der Waals surface area (Å²) in [6, 6.07) is 23.2. The van der Waals surface area contributed by atoms with E-state index >= 15 is 0 Å². The Morgan fingerprint density at radius 3 is 2.46 bits per heavy atom. The van der Waals surface area contributed by atoms with E-state index in [4.69, 9.17) is 0 Å². The van der Waals surface area contributed by atoms with E-state index in [-0.39, 0.29) is 16.0 Å². The van der Waals surface area contributed by atoms with E-state index in [2.05, 4.69) is 26.9 Å². The maximum atomic E-state index is 12.9. The van der Waals surface area contributed by atoms with E-state index in [0.29, 0.717) is 13.0 Å². The summed E-state index contributed by atoms with van der Waals surface area (Å²) in [5.74, 6) is 0. The first-order valence-corrected chi connectivity index (χ1v) is 12.6. The number of amides is 1. The summed E-state index contributed by atoms with van der Waals surface area (Å²) in [5, 5.41) is 9.46. The minimum Gasteiger partial charge on any atom is -0.365 e. The molecule has 7 nitrogen and oxygen atoms in total. The third kappa shape index (κ3) is 4.56. The Bertz CT molecular complexity index is 1430. The minimum absolute atomic E-state index is 0.125. The van der Waals surface area contributed by atoms with Crippen molar-refractivity contribution in [1.82, 2.24) is 15.5 Å². The van der Waals surface area contributed by atoms with Gasteiger partial charge in [0, 0.05) is 24.6 Å². The van der Waals surface area contributed by atoms with Crippen LogP contribution in [0.15, 0.2) is 119 Å². The fourth-order valence-corrected chi connectivity index (χ4v) is 5.44. The van der Waals surface area contributed by atoms with Crippen molar-refractivity contribution < 1.29 is 13.2 Å². The molecule has 3 N–H and O–H groups in total. The number of nitrogens with one attached hydrogen (secondary N) is 3. The number of hydrogen-bond acceptors (Lipinski definition) is 6. The number of carbonyl (C=O) groups excluding carboxylic acids is 1. The van der Waals surface area contributed by atoms with Crippen LogP contribution in [0.3, 0.4) is 0 Å². The van der Waals surface area contributed by atoms with Crippen LogP contribution < -0.4 is 16.0 Å². The van der Waals surface area contributed by atoms with Crippen LogP contribution in [-0.4, -0.2) is 25.9 Å². The van der Waals surface area contributed by atoms with Gasteiger partial charge in [0.1, 0.15) is 6.17 Å². The second-order valence-electron chi connectivity index (χ2n) is 8.13. The molecule has 2 aliphatic heterocycles.